The van der Waals surface area contributed by atoms with Crippen LogP contribution in [0.5, 0.6) is 0 Å². The van der Waals surface area contributed by atoms with E-state index in [1.54, 1.807) is 4.57 Å². The van der Waals surface area contributed by atoms with Crippen LogP contribution in [0.25, 0.3) is 0 Å². The lowest BCUT2D eigenvalue weighted by molar-refractivity contribution is 0.374. The van der Waals surface area contributed by atoms with E-state index in [4.69, 9.17) is 4.52 Å². The van der Waals surface area contributed by atoms with Crippen molar-refractivity contribution in [3.63, 3.8) is 0 Å². The van der Waals surface area contributed by atoms with E-state index in [2.05, 4.69) is 20.6 Å². The summed E-state index contributed by atoms with van der Waals surface area (Å²) in [7, 11) is 0. The van der Waals surface area contributed by atoms with Crippen LogP contribution in [0.3, 0.4) is 0 Å². The van der Waals surface area contributed by atoms with Crippen molar-refractivity contribution in [1.29, 1.82) is 0 Å². The average Bonchev–Trinajstić information content (AvgIpc) is 3.29. The zero-order chi connectivity index (χ0) is 18.6. The van der Waals surface area contributed by atoms with Crippen molar-refractivity contribution in [2.75, 3.05) is 13.1 Å². The Morgan fingerprint density at radius 1 is 1.19 bits per heavy atom. The van der Waals surface area contributed by atoms with Gasteiger partial charge in [0.1, 0.15) is 12.4 Å². The minimum atomic E-state index is -0.129. The summed E-state index contributed by atoms with van der Waals surface area (Å²) in [4.78, 5) is 17.4. The van der Waals surface area contributed by atoms with Crippen LogP contribution in [0.1, 0.15) is 48.8 Å². The molecule has 0 bridgehead atoms. The van der Waals surface area contributed by atoms with E-state index < -0.39 is 0 Å². The van der Waals surface area contributed by atoms with Crippen LogP contribution in [-0.2, 0) is 19.5 Å². The molecule has 27 heavy (non-hydrogen) atoms. The van der Waals surface area contributed by atoms with Crippen LogP contribution in [0.15, 0.2) is 39.6 Å². The van der Waals surface area contributed by atoms with Crippen LogP contribution in [0.4, 0.5) is 0 Å². The van der Waals surface area contributed by atoms with Crippen molar-refractivity contribution in [2.45, 2.75) is 45.2 Å². The van der Waals surface area contributed by atoms with Gasteiger partial charge in [0.25, 0.3) is 0 Å². The molecule has 8 nitrogen and oxygen atoms in total. The van der Waals surface area contributed by atoms with E-state index in [0.29, 0.717) is 24.7 Å². The first kappa shape index (κ1) is 17.7. The van der Waals surface area contributed by atoms with Crippen molar-refractivity contribution in [1.82, 2.24) is 29.8 Å². The smallest absolute Gasteiger partial charge is 0.339 e. The van der Waals surface area contributed by atoms with Gasteiger partial charge in [0.05, 0.1) is 6.54 Å². The maximum atomic E-state index is 13.1. The highest BCUT2D eigenvalue weighted by molar-refractivity contribution is 5.16. The summed E-state index contributed by atoms with van der Waals surface area (Å²) in [6.07, 6.45) is 2.63. The van der Waals surface area contributed by atoms with Gasteiger partial charge in [-0.05, 0) is 31.5 Å². The number of hydrogen-bond donors (Lipinski definition) is 1. The quantitative estimate of drug-likeness (QED) is 0.710. The molecule has 142 valence electrons. The predicted molar refractivity (Wildman–Crippen MR) is 99.7 cm³/mol. The maximum absolute atomic E-state index is 13.1. The van der Waals surface area contributed by atoms with Crippen molar-refractivity contribution in [3.05, 3.63) is 63.9 Å². The number of piperidine rings is 1. The molecule has 1 N–H and O–H groups in total. The molecule has 0 radical (unpaired) electrons. The zero-order valence-corrected chi connectivity index (χ0v) is 15.5. The Labute approximate surface area is 157 Å². The van der Waals surface area contributed by atoms with Gasteiger partial charge in [0.15, 0.2) is 5.82 Å². The Bertz CT molecular complexity index is 937. The van der Waals surface area contributed by atoms with Crippen LogP contribution in [0, 0.1) is 0 Å². The largest absolute Gasteiger partial charge is 0.346 e. The first-order valence-electron chi connectivity index (χ1n) is 9.48. The van der Waals surface area contributed by atoms with E-state index in [0.717, 1.165) is 37.3 Å². The van der Waals surface area contributed by atoms with Gasteiger partial charge in [0.2, 0.25) is 5.89 Å². The Morgan fingerprint density at radius 2 is 1.96 bits per heavy atom. The molecule has 3 aromatic rings. The molecule has 4 rings (SSSR count). The lowest BCUT2D eigenvalue weighted by Gasteiger charge is -2.22. The van der Waals surface area contributed by atoms with Crippen LogP contribution in [0.2, 0.25) is 0 Å². The van der Waals surface area contributed by atoms with E-state index in [9.17, 15) is 4.79 Å². The molecule has 0 atom stereocenters. The number of aromatic nitrogens is 5. The van der Waals surface area contributed by atoms with Crippen molar-refractivity contribution >= 4 is 0 Å². The number of aryl methyl sites for hydroxylation is 1. The molecule has 1 aromatic carbocycles. The normalized spacial score (nSPS) is 15.3. The van der Waals surface area contributed by atoms with Crippen LogP contribution >= 0.6 is 0 Å². The second-order valence-corrected chi connectivity index (χ2v) is 6.85. The Morgan fingerprint density at radius 3 is 2.67 bits per heavy atom. The summed E-state index contributed by atoms with van der Waals surface area (Å²) in [5.41, 5.74) is 0.956. The Hall–Kier alpha value is -2.74. The summed E-state index contributed by atoms with van der Waals surface area (Å²) < 4.78 is 8.42. The molecule has 0 spiro atoms. The van der Waals surface area contributed by atoms with Crippen LogP contribution in [-0.4, -0.2) is 37.6 Å². The third-order valence-electron chi connectivity index (χ3n) is 4.94. The minimum Gasteiger partial charge on any atom is -0.339 e. The fraction of sp³-hybridized carbons (Fsp3) is 0.474. The minimum absolute atomic E-state index is 0.129. The highest BCUT2D eigenvalue weighted by Gasteiger charge is 2.24. The van der Waals surface area contributed by atoms with Gasteiger partial charge in [0, 0.05) is 12.3 Å². The van der Waals surface area contributed by atoms with E-state index in [1.807, 2.05) is 37.3 Å². The Balaban J connectivity index is 1.68. The molecule has 1 aliphatic rings. The first-order chi connectivity index (χ1) is 13.2. The lowest BCUT2D eigenvalue weighted by Crippen LogP contribution is -2.30. The van der Waals surface area contributed by atoms with E-state index in [1.165, 1.54) is 4.68 Å². The van der Waals surface area contributed by atoms with Gasteiger partial charge in [-0.25, -0.2) is 9.48 Å². The highest BCUT2D eigenvalue weighted by Crippen LogP contribution is 2.23. The van der Waals surface area contributed by atoms with E-state index >= 15 is 0 Å². The molecular formula is C19H24N6O2. The summed E-state index contributed by atoms with van der Waals surface area (Å²) in [5, 5.41) is 12.0. The molecule has 1 saturated heterocycles. The molecule has 1 fully saturated rings. The molecular weight excluding hydrogens is 344 g/mol. The van der Waals surface area contributed by atoms with E-state index in [-0.39, 0.29) is 18.2 Å². The summed E-state index contributed by atoms with van der Waals surface area (Å²) >= 11 is 0. The molecule has 0 aliphatic carbocycles. The molecule has 8 heteroatoms. The van der Waals surface area contributed by atoms with Gasteiger partial charge >= 0.3 is 5.69 Å². The van der Waals surface area contributed by atoms with Gasteiger partial charge in [-0.3, -0.25) is 4.57 Å². The second-order valence-electron chi connectivity index (χ2n) is 6.85. The summed E-state index contributed by atoms with van der Waals surface area (Å²) in [6.45, 7) is 4.59. The number of benzene rings is 1. The second kappa shape index (κ2) is 7.87. The standard InChI is InChI=1S/C19H24N6O2/c1-2-17-21-16(23-27-17)13-25-19(26)24(12-14-6-4-3-5-7-14)18(22-25)15-8-10-20-11-9-15/h3-7,15,20H,2,8-13H2,1H3. The summed E-state index contributed by atoms with van der Waals surface area (Å²) in [6, 6.07) is 10.0. The summed E-state index contributed by atoms with van der Waals surface area (Å²) in [5.74, 6) is 2.18. The average molecular weight is 368 g/mol. The Kier molecular flexibility index (Phi) is 5.15. The fourth-order valence-electron chi connectivity index (χ4n) is 3.49. The third-order valence-corrected chi connectivity index (χ3v) is 4.94. The monoisotopic (exact) mass is 368 g/mol. The highest BCUT2D eigenvalue weighted by atomic mass is 16.5. The van der Waals surface area contributed by atoms with Crippen molar-refractivity contribution in [3.8, 4) is 0 Å². The van der Waals surface area contributed by atoms with Gasteiger partial charge < -0.3 is 9.84 Å². The molecule has 0 unspecified atom stereocenters. The van der Waals surface area contributed by atoms with Crippen molar-refractivity contribution < 1.29 is 4.52 Å². The number of nitrogens with zero attached hydrogens (tertiary/aromatic N) is 5. The molecule has 0 amide bonds. The SMILES string of the molecule is CCc1nc(Cn2nc(C3CCNCC3)n(Cc3ccccc3)c2=O)no1. The maximum Gasteiger partial charge on any atom is 0.346 e. The molecule has 0 saturated carbocycles. The lowest BCUT2D eigenvalue weighted by atomic mass is 9.97. The zero-order valence-electron chi connectivity index (χ0n) is 15.5. The molecule has 2 aromatic heterocycles. The molecule has 1 aliphatic heterocycles. The number of rotatable bonds is 6. The van der Waals surface area contributed by atoms with Gasteiger partial charge in [-0.1, -0.05) is 42.4 Å². The number of hydrogen-bond acceptors (Lipinski definition) is 6. The first-order valence-corrected chi connectivity index (χ1v) is 9.48. The predicted octanol–water partition coefficient (Wildman–Crippen LogP) is 1.55. The van der Waals surface area contributed by atoms with Gasteiger partial charge in [-0.2, -0.15) is 10.1 Å². The molecule has 3 heterocycles. The third kappa shape index (κ3) is 3.85. The van der Waals surface area contributed by atoms with Crippen molar-refractivity contribution in [2.24, 2.45) is 0 Å². The fourth-order valence-corrected chi connectivity index (χ4v) is 3.49. The number of nitrogens with one attached hydrogen (secondary N) is 1. The van der Waals surface area contributed by atoms with Gasteiger partial charge in [-0.15, -0.1) is 0 Å². The van der Waals surface area contributed by atoms with Crippen LogP contribution < -0.4 is 11.0 Å². The topological polar surface area (TPSA) is 90.8 Å².